The Bertz CT molecular complexity index is 433. The molecule has 0 aliphatic heterocycles. The van der Waals surface area contributed by atoms with Crippen molar-refractivity contribution in [3.05, 3.63) is 15.9 Å². The van der Waals surface area contributed by atoms with Gasteiger partial charge in [-0.3, -0.25) is 4.68 Å². The van der Waals surface area contributed by atoms with Crippen LogP contribution in [0.1, 0.15) is 51.4 Å². The third-order valence-electron chi connectivity index (χ3n) is 4.06. The maximum atomic E-state index is 4.67. The summed E-state index contributed by atoms with van der Waals surface area (Å²) >= 11 is 5.84. The highest BCUT2D eigenvalue weighted by Crippen LogP contribution is 2.30. The number of aryl methyl sites for hydroxylation is 2. The van der Waals surface area contributed by atoms with Crippen LogP contribution in [0.5, 0.6) is 0 Å². The fraction of sp³-hybridized carbons (Fsp3) is 0.800. The highest BCUT2D eigenvalue weighted by molar-refractivity contribution is 9.10. The lowest BCUT2D eigenvalue weighted by molar-refractivity contribution is 0.503. The molecule has 1 N–H and O–H groups in total. The van der Waals surface area contributed by atoms with Gasteiger partial charge in [-0.05, 0) is 47.9 Å². The molecule has 1 aromatic heterocycles. The molecule has 20 heavy (non-hydrogen) atoms. The van der Waals surface area contributed by atoms with Gasteiger partial charge in [0.2, 0.25) is 0 Å². The molecule has 1 aliphatic carbocycles. The summed E-state index contributed by atoms with van der Waals surface area (Å²) in [7, 11) is 0. The van der Waals surface area contributed by atoms with Crippen molar-refractivity contribution in [1.29, 1.82) is 0 Å². The molecule has 1 fully saturated rings. The van der Waals surface area contributed by atoms with Crippen LogP contribution in [0, 0.1) is 0 Å². The number of hydrogen-bond donors (Lipinski definition) is 1. The van der Waals surface area contributed by atoms with Gasteiger partial charge in [0.05, 0.1) is 15.9 Å². The van der Waals surface area contributed by atoms with Crippen LogP contribution in [0.25, 0.3) is 0 Å². The quantitative estimate of drug-likeness (QED) is 0.797. The van der Waals surface area contributed by atoms with Gasteiger partial charge in [0.25, 0.3) is 0 Å². The maximum Gasteiger partial charge on any atom is 0.0767 e. The first-order valence-electron chi connectivity index (χ1n) is 7.80. The van der Waals surface area contributed by atoms with Gasteiger partial charge in [0.15, 0.2) is 0 Å². The van der Waals surface area contributed by atoms with Gasteiger partial charge < -0.3 is 5.32 Å². The standard InChI is InChI=1S/C15H26BrN3S/c1-4-11-15(16)13(19(5-2)18-11)10-17-12-8-7-9-14(12)20-6-3/h12,14,17H,4-10H2,1-3H3. The SMILES string of the molecule is CCSC1CCCC1NCc1c(Br)c(CC)nn1CC. The summed E-state index contributed by atoms with van der Waals surface area (Å²) in [6.45, 7) is 8.44. The molecule has 1 aliphatic rings. The molecule has 2 atom stereocenters. The van der Waals surface area contributed by atoms with Crippen molar-refractivity contribution in [2.24, 2.45) is 0 Å². The lowest BCUT2D eigenvalue weighted by Gasteiger charge is -2.20. The number of aromatic nitrogens is 2. The summed E-state index contributed by atoms with van der Waals surface area (Å²) in [5.41, 5.74) is 2.48. The predicted octanol–water partition coefficient (Wildman–Crippen LogP) is 3.99. The minimum atomic E-state index is 0.664. The minimum absolute atomic E-state index is 0.664. The first kappa shape index (κ1) is 16.4. The van der Waals surface area contributed by atoms with Crippen LogP contribution >= 0.6 is 27.7 Å². The van der Waals surface area contributed by atoms with E-state index in [1.807, 2.05) is 0 Å². The van der Waals surface area contributed by atoms with Gasteiger partial charge in [-0.2, -0.15) is 16.9 Å². The number of hydrogen-bond acceptors (Lipinski definition) is 3. The Kier molecular flexibility index (Phi) is 6.43. The number of halogens is 1. The third-order valence-corrected chi connectivity index (χ3v) is 6.30. The van der Waals surface area contributed by atoms with Crippen LogP contribution < -0.4 is 5.32 Å². The van der Waals surface area contributed by atoms with Crippen molar-refractivity contribution in [1.82, 2.24) is 15.1 Å². The fourth-order valence-electron chi connectivity index (χ4n) is 2.99. The summed E-state index contributed by atoms with van der Waals surface area (Å²) in [6.07, 6.45) is 5.03. The number of thioether (sulfide) groups is 1. The van der Waals surface area contributed by atoms with Gasteiger partial charge in [-0.1, -0.05) is 20.3 Å². The van der Waals surface area contributed by atoms with Crippen LogP contribution in [0.3, 0.4) is 0 Å². The zero-order valence-electron chi connectivity index (χ0n) is 12.8. The molecule has 5 heteroatoms. The zero-order chi connectivity index (χ0) is 14.5. The van der Waals surface area contributed by atoms with Crippen molar-refractivity contribution in [3.8, 4) is 0 Å². The first-order chi connectivity index (χ1) is 9.71. The average molecular weight is 360 g/mol. The van der Waals surface area contributed by atoms with Crippen LogP contribution in [0.4, 0.5) is 0 Å². The van der Waals surface area contributed by atoms with Gasteiger partial charge in [0, 0.05) is 24.4 Å². The average Bonchev–Trinajstić information content (AvgIpc) is 3.01. The van der Waals surface area contributed by atoms with E-state index in [9.17, 15) is 0 Å². The van der Waals surface area contributed by atoms with E-state index in [1.54, 1.807) is 0 Å². The maximum absolute atomic E-state index is 4.67. The van der Waals surface area contributed by atoms with Gasteiger partial charge in [-0.25, -0.2) is 0 Å². The zero-order valence-corrected chi connectivity index (χ0v) is 15.2. The first-order valence-corrected chi connectivity index (χ1v) is 9.64. The van der Waals surface area contributed by atoms with Crippen LogP contribution in [0.2, 0.25) is 0 Å². The van der Waals surface area contributed by atoms with E-state index in [-0.39, 0.29) is 0 Å². The molecular weight excluding hydrogens is 334 g/mol. The van der Waals surface area contributed by atoms with Crippen molar-refractivity contribution in [2.45, 2.75) is 70.8 Å². The van der Waals surface area contributed by atoms with E-state index in [2.05, 4.69) is 63.6 Å². The lowest BCUT2D eigenvalue weighted by atomic mass is 10.2. The Morgan fingerprint density at radius 3 is 2.80 bits per heavy atom. The molecule has 0 spiro atoms. The van der Waals surface area contributed by atoms with E-state index in [1.165, 1.54) is 40.9 Å². The highest BCUT2D eigenvalue weighted by Gasteiger charge is 2.27. The molecular formula is C15H26BrN3S. The van der Waals surface area contributed by atoms with Crippen LogP contribution in [-0.4, -0.2) is 26.8 Å². The summed E-state index contributed by atoms with van der Waals surface area (Å²) < 4.78 is 3.33. The lowest BCUT2D eigenvalue weighted by Crippen LogP contribution is -2.34. The summed E-state index contributed by atoms with van der Waals surface area (Å²) in [5, 5.41) is 9.24. The number of rotatable bonds is 7. The molecule has 0 amide bonds. The van der Waals surface area contributed by atoms with E-state index < -0.39 is 0 Å². The summed E-state index contributed by atoms with van der Waals surface area (Å²) in [5.74, 6) is 1.22. The van der Waals surface area contributed by atoms with Crippen molar-refractivity contribution < 1.29 is 0 Å². The van der Waals surface area contributed by atoms with E-state index >= 15 is 0 Å². The summed E-state index contributed by atoms with van der Waals surface area (Å²) in [6, 6.07) is 0.664. The molecule has 0 bridgehead atoms. The normalized spacial score (nSPS) is 22.6. The second-order valence-corrected chi connectivity index (χ2v) is 7.60. The minimum Gasteiger partial charge on any atom is -0.307 e. The molecule has 0 aromatic carbocycles. The molecule has 1 heterocycles. The van der Waals surface area contributed by atoms with E-state index in [0.29, 0.717) is 6.04 Å². The molecule has 2 unspecified atom stereocenters. The Morgan fingerprint density at radius 1 is 1.35 bits per heavy atom. The van der Waals surface area contributed by atoms with Crippen molar-refractivity contribution >= 4 is 27.7 Å². The predicted molar refractivity (Wildman–Crippen MR) is 91.4 cm³/mol. The topological polar surface area (TPSA) is 29.9 Å². The smallest absolute Gasteiger partial charge is 0.0767 e. The highest BCUT2D eigenvalue weighted by atomic mass is 79.9. The number of nitrogens with zero attached hydrogens (tertiary/aromatic N) is 2. The van der Waals surface area contributed by atoms with Gasteiger partial charge >= 0.3 is 0 Å². The third kappa shape index (κ3) is 3.60. The van der Waals surface area contributed by atoms with Gasteiger partial charge in [-0.15, -0.1) is 0 Å². The molecule has 114 valence electrons. The molecule has 3 nitrogen and oxygen atoms in total. The van der Waals surface area contributed by atoms with Gasteiger partial charge in [0.1, 0.15) is 0 Å². The second-order valence-electron chi connectivity index (χ2n) is 5.29. The largest absolute Gasteiger partial charge is 0.307 e. The Balaban J connectivity index is 2.01. The number of nitrogens with one attached hydrogen (secondary N) is 1. The van der Waals surface area contributed by atoms with Crippen LogP contribution in [-0.2, 0) is 19.5 Å². The molecule has 1 aromatic rings. The second kappa shape index (κ2) is 7.85. The Hall–Kier alpha value is 0. The Labute approximate surface area is 135 Å². The monoisotopic (exact) mass is 359 g/mol. The molecule has 0 saturated heterocycles. The molecule has 1 saturated carbocycles. The fourth-order valence-corrected chi connectivity index (χ4v) is 4.92. The molecule has 2 rings (SSSR count). The van der Waals surface area contributed by atoms with Crippen molar-refractivity contribution in [3.63, 3.8) is 0 Å². The summed E-state index contributed by atoms with van der Waals surface area (Å²) in [4.78, 5) is 0. The Morgan fingerprint density at radius 2 is 2.15 bits per heavy atom. The van der Waals surface area contributed by atoms with E-state index in [0.717, 1.165) is 24.8 Å². The van der Waals surface area contributed by atoms with Crippen LogP contribution in [0.15, 0.2) is 4.47 Å². The van der Waals surface area contributed by atoms with Crippen molar-refractivity contribution in [2.75, 3.05) is 5.75 Å². The molecule has 0 radical (unpaired) electrons. The van der Waals surface area contributed by atoms with E-state index in [4.69, 9.17) is 0 Å².